The van der Waals surface area contributed by atoms with Gasteiger partial charge in [0, 0.05) is 6.07 Å². The second-order valence-electron chi connectivity index (χ2n) is 2.29. The molecule has 0 saturated carbocycles. The first-order valence-corrected chi connectivity index (χ1v) is 4.56. The van der Waals surface area contributed by atoms with Crippen LogP contribution in [-0.4, -0.2) is 5.33 Å². The lowest BCUT2D eigenvalue weighted by Gasteiger charge is -1.98. The van der Waals surface area contributed by atoms with Gasteiger partial charge >= 0.3 is 0 Å². The van der Waals surface area contributed by atoms with Crippen molar-refractivity contribution in [1.29, 1.82) is 0 Å². The van der Waals surface area contributed by atoms with Gasteiger partial charge in [0.25, 0.3) is 0 Å². The van der Waals surface area contributed by atoms with Gasteiger partial charge in [-0.25, -0.2) is 8.78 Å². The number of anilines is 1. The normalized spacial score (nSPS) is 9.15. The maximum Gasteiger partial charge on any atom is 0.160 e. The molecule has 0 bridgehead atoms. The molecule has 0 aromatic heterocycles. The van der Waals surface area contributed by atoms with Crippen LogP contribution < -0.4 is 5.73 Å². The van der Waals surface area contributed by atoms with Crippen molar-refractivity contribution in [1.82, 2.24) is 0 Å². The lowest BCUT2D eigenvalue weighted by molar-refractivity contribution is 0.509. The highest BCUT2D eigenvalue weighted by molar-refractivity contribution is 9.09. The van der Waals surface area contributed by atoms with Crippen LogP contribution in [0.5, 0.6) is 0 Å². The van der Waals surface area contributed by atoms with Gasteiger partial charge in [-0.15, -0.1) is 0 Å². The number of hydrogen-bond acceptors (Lipinski definition) is 1. The molecule has 68 valence electrons. The van der Waals surface area contributed by atoms with E-state index in [9.17, 15) is 8.78 Å². The van der Waals surface area contributed by atoms with E-state index in [1.807, 2.05) is 0 Å². The molecule has 0 aliphatic heterocycles. The quantitative estimate of drug-likeness (QED) is 0.424. The van der Waals surface area contributed by atoms with E-state index in [1.54, 1.807) is 0 Å². The van der Waals surface area contributed by atoms with E-state index < -0.39 is 11.6 Å². The van der Waals surface area contributed by atoms with E-state index in [0.717, 1.165) is 12.1 Å². The minimum Gasteiger partial charge on any atom is -0.398 e. The maximum absolute atomic E-state index is 12.7. The van der Waals surface area contributed by atoms with Crippen molar-refractivity contribution >= 4 is 21.6 Å². The van der Waals surface area contributed by atoms with Crippen LogP contribution in [0.1, 0.15) is 5.56 Å². The van der Waals surface area contributed by atoms with E-state index >= 15 is 0 Å². The molecule has 0 spiro atoms. The summed E-state index contributed by atoms with van der Waals surface area (Å²) in [5, 5.41) is 0.464. The van der Waals surface area contributed by atoms with Crippen LogP contribution in [0.4, 0.5) is 14.5 Å². The molecular formula is C9H6BrF2N. The van der Waals surface area contributed by atoms with Crippen LogP contribution in [-0.2, 0) is 0 Å². The molecule has 2 N–H and O–H groups in total. The molecule has 1 aromatic rings. The third-order valence-corrected chi connectivity index (χ3v) is 1.66. The van der Waals surface area contributed by atoms with Crippen molar-refractivity contribution in [2.75, 3.05) is 11.1 Å². The molecule has 0 saturated heterocycles. The van der Waals surface area contributed by atoms with Crippen molar-refractivity contribution in [2.45, 2.75) is 0 Å². The number of benzene rings is 1. The van der Waals surface area contributed by atoms with E-state index in [2.05, 4.69) is 27.8 Å². The second-order valence-corrected chi connectivity index (χ2v) is 2.85. The van der Waals surface area contributed by atoms with Gasteiger partial charge in [0.15, 0.2) is 11.6 Å². The Labute approximate surface area is 83.1 Å². The first-order valence-electron chi connectivity index (χ1n) is 3.44. The number of nitrogen functional groups attached to an aromatic ring is 1. The summed E-state index contributed by atoms with van der Waals surface area (Å²) in [6, 6.07) is 1.91. The summed E-state index contributed by atoms with van der Waals surface area (Å²) in [6.45, 7) is 0. The van der Waals surface area contributed by atoms with Crippen molar-refractivity contribution in [3.63, 3.8) is 0 Å². The van der Waals surface area contributed by atoms with Crippen molar-refractivity contribution in [3.8, 4) is 11.8 Å². The average Bonchev–Trinajstić information content (AvgIpc) is 2.09. The fourth-order valence-corrected chi connectivity index (χ4v) is 0.939. The predicted octanol–water partition coefficient (Wildman–Crippen LogP) is 2.29. The van der Waals surface area contributed by atoms with Gasteiger partial charge in [-0.05, 0) is 6.07 Å². The first-order chi connectivity index (χ1) is 6.15. The molecule has 13 heavy (non-hydrogen) atoms. The highest BCUT2D eigenvalue weighted by Gasteiger charge is 2.04. The lowest BCUT2D eigenvalue weighted by Crippen LogP contribution is -1.94. The molecule has 0 aliphatic rings. The van der Waals surface area contributed by atoms with Crippen molar-refractivity contribution < 1.29 is 8.78 Å². The lowest BCUT2D eigenvalue weighted by atomic mass is 10.2. The maximum atomic E-state index is 12.7. The largest absolute Gasteiger partial charge is 0.398 e. The molecular weight excluding hydrogens is 240 g/mol. The highest BCUT2D eigenvalue weighted by atomic mass is 79.9. The molecule has 1 aromatic carbocycles. The van der Waals surface area contributed by atoms with Gasteiger partial charge < -0.3 is 5.73 Å². The summed E-state index contributed by atoms with van der Waals surface area (Å²) in [4.78, 5) is 0. The fraction of sp³-hybridized carbons (Fsp3) is 0.111. The monoisotopic (exact) mass is 245 g/mol. The molecule has 1 nitrogen and oxygen atoms in total. The zero-order valence-corrected chi connectivity index (χ0v) is 8.16. The Bertz CT molecular complexity index is 379. The Hall–Kier alpha value is -1.08. The molecule has 0 heterocycles. The summed E-state index contributed by atoms with van der Waals surface area (Å²) in [5.41, 5.74) is 5.86. The average molecular weight is 246 g/mol. The summed E-state index contributed by atoms with van der Waals surface area (Å²) in [5.74, 6) is 3.36. The predicted molar refractivity (Wildman–Crippen MR) is 51.4 cm³/mol. The Morgan fingerprint density at radius 2 is 1.92 bits per heavy atom. The van der Waals surface area contributed by atoms with Crippen LogP contribution in [0, 0.1) is 23.5 Å². The number of alkyl halides is 1. The summed E-state index contributed by atoms with van der Waals surface area (Å²) >= 11 is 3.08. The molecule has 4 heteroatoms. The molecule has 0 atom stereocenters. The van der Waals surface area contributed by atoms with Crippen molar-refractivity contribution in [2.24, 2.45) is 0 Å². The molecule has 0 unspecified atom stereocenters. The summed E-state index contributed by atoms with van der Waals surface area (Å²) in [6.07, 6.45) is 0. The highest BCUT2D eigenvalue weighted by Crippen LogP contribution is 2.15. The van der Waals surface area contributed by atoms with Crippen LogP contribution in [0.2, 0.25) is 0 Å². The second kappa shape index (κ2) is 4.24. The van der Waals surface area contributed by atoms with E-state index in [-0.39, 0.29) is 5.69 Å². The van der Waals surface area contributed by atoms with Gasteiger partial charge in [-0.3, -0.25) is 0 Å². The van der Waals surface area contributed by atoms with Crippen LogP contribution in [0.3, 0.4) is 0 Å². The van der Waals surface area contributed by atoms with Gasteiger partial charge in [-0.2, -0.15) is 0 Å². The standard InChI is InChI=1S/C9H6BrF2N/c10-3-1-2-6-4-7(11)8(12)5-9(6)13/h4-5H,3,13H2. The molecule has 0 fully saturated rings. The Morgan fingerprint density at radius 3 is 2.54 bits per heavy atom. The minimum absolute atomic E-state index is 0.146. The third kappa shape index (κ3) is 2.43. The first kappa shape index (κ1) is 10.0. The number of rotatable bonds is 0. The zero-order valence-electron chi connectivity index (χ0n) is 6.57. The van der Waals surface area contributed by atoms with Crippen LogP contribution >= 0.6 is 15.9 Å². The van der Waals surface area contributed by atoms with E-state index in [0.29, 0.717) is 10.9 Å². The number of hydrogen-bond donors (Lipinski definition) is 1. The molecule has 0 amide bonds. The molecule has 0 radical (unpaired) electrons. The van der Waals surface area contributed by atoms with Crippen molar-refractivity contribution in [3.05, 3.63) is 29.3 Å². The van der Waals surface area contributed by atoms with E-state index in [4.69, 9.17) is 5.73 Å². The Morgan fingerprint density at radius 1 is 1.31 bits per heavy atom. The van der Waals surface area contributed by atoms with Gasteiger partial charge in [0.1, 0.15) is 0 Å². The molecule has 0 aliphatic carbocycles. The fourth-order valence-electron chi connectivity index (χ4n) is 0.799. The topological polar surface area (TPSA) is 26.0 Å². The summed E-state index contributed by atoms with van der Waals surface area (Å²) < 4.78 is 25.2. The van der Waals surface area contributed by atoms with Crippen LogP contribution in [0.25, 0.3) is 0 Å². The van der Waals surface area contributed by atoms with Gasteiger partial charge in [0.05, 0.1) is 16.6 Å². The zero-order chi connectivity index (χ0) is 9.84. The summed E-state index contributed by atoms with van der Waals surface area (Å²) in [7, 11) is 0. The number of halogens is 3. The Balaban J connectivity index is 3.16. The number of nitrogens with two attached hydrogens (primary N) is 1. The Kier molecular flexibility index (Phi) is 3.26. The SMILES string of the molecule is Nc1cc(F)c(F)cc1C#CCBr. The smallest absolute Gasteiger partial charge is 0.160 e. The third-order valence-electron chi connectivity index (χ3n) is 1.38. The van der Waals surface area contributed by atoms with Gasteiger partial charge in [-0.1, -0.05) is 27.8 Å². The van der Waals surface area contributed by atoms with Crippen LogP contribution in [0.15, 0.2) is 12.1 Å². The minimum atomic E-state index is -0.957. The van der Waals surface area contributed by atoms with E-state index in [1.165, 1.54) is 0 Å². The van der Waals surface area contributed by atoms with Gasteiger partial charge in [0.2, 0.25) is 0 Å². The molecule has 1 rings (SSSR count).